The highest BCUT2D eigenvalue weighted by molar-refractivity contribution is 6.29. The third-order valence-electron chi connectivity index (χ3n) is 3.00. The van der Waals surface area contributed by atoms with Crippen molar-refractivity contribution in [3.8, 4) is 0 Å². The number of aromatic nitrogens is 1. The van der Waals surface area contributed by atoms with Gasteiger partial charge < -0.3 is 15.7 Å². The van der Waals surface area contributed by atoms with E-state index >= 15 is 0 Å². The van der Waals surface area contributed by atoms with Crippen molar-refractivity contribution < 1.29 is 9.90 Å². The van der Waals surface area contributed by atoms with E-state index in [1.807, 2.05) is 19.9 Å². The molecule has 5 nitrogen and oxygen atoms in total. The first-order chi connectivity index (χ1) is 9.43. The van der Waals surface area contributed by atoms with Crippen molar-refractivity contribution in [2.24, 2.45) is 5.41 Å². The summed E-state index contributed by atoms with van der Waals surface area (Å²) in [4.78, 5) is 15.6. The minimum absolute atomic E-state index is 0.105. The number of hydrogen-bond donors (Lipinski definition) is 3. The number of rotatable bonds is 7. The van der Waals surface area contributed by atoms with Crippen molar-refractivity contribution in [2.75, 3.05) is 19.7 Å². The van der Waals surface area contributed by atoms with E-state index in [9.17, 15) is 4.79 Å². The van der Waals surface area contributed by atoms with E-state index < -0.39 is 0 Å². The van der Waals surface area contributed by atoms with Crippen LogP contribution in [0.2, 0.25) is 5.15 Å². The average molecular weight is 300 g/mol. The van der Waals surface area contributed by atoms with Crippen LogP contribution in [0.25, 0.3) is 0 Å². The Bertz CT molecular complexity index is 421. The summed E-state index contributed by atoms with van der Waals surface area (Å²) in [5.41, 5.74) is 0.918. The number of pyridine rings is 1. The molecule has 0 spiro atoms. The van der Waals surface area contributed by atoms with Gasteiger partial charge in [-0.25, -0.2) is 9.78 Å². The fraction of sp³-hybridized carbons (Fsp3) is 0.571. The average Bonchev–Trinajstić information content (AvgIpc) is 2.39. The van der Waals surface area contributed by atoms with Gasteiger partial charge in [-0.15, -0.1) is 0 Å². The molecule has 6 heteroatoms. The van der Waals surface area contributed by atoms with E-state index in [0.717, 1.165) is 5.56 Å². The van der Waals surface area contributed by atoms with E-state index in [2.05, 4.69) is 15.6 Å². The van der Waals surface area contributed by atoms with Crippen LogP contribution in [-0.4, -0.2) is 35.8 Å². The zero-order chi connectivity index (χ0) is 15.0. The molecule has 0 aliphatic carbocycles. The minimum Gasteiger partial charge on any atom is -0.396 e. The number of hydrogen-bond acceptors (Lipinski definition) is 3. The molecule has 1 aromatic heterocycles. The number of nitrogens with zero attached hydrogens (tertiary/aromatic N) is 1. The Hall–Kier alpha value is -1.33. The molecule has 0 bridgehead atoms. The molecule has 1 aromatic rings. The van der Waals surface area contributed by atoms with E-state index in [-0.39, 0.29) is 18.1 Å². The number of urea groups is 1. The summed E-state index contributed by atoms with van der Waals surface area (Å²) < 4.78 is 0. The number of nitrogens with one attached hydrogen (secondary N) is 2. The minimum atomic E-state index is -0.196. The number of carbonyl (C=O) groups excluding carboxylic acids is 1. The van der Waals surface area contributed by atoms with Gasteiger partial charge in [-0.1, -0.05) is 31.5 Å². The van der Waals surface area contributed by atoms with Crippen molar-refractivity contribution >= 4 is 17.6 Å². The molecule has 0 aromatic carbocycles. The van der Waals surface area contributed by atoms with Crippen LogP contribution < -0.4 is 10.6 Å². The van der Waals surface area contributed by atoms with Crippen LogP contribution in [0.4, 0.5) is 4.79 Å². The van der Waals surface area contributed by atoms with Crippen LogP contribution in [0.1, 0.15) is 25.8 Å². The number of aliphatic hydroxyl groups excluding tert-OH is 1. The molecule has 0 atom stereocenters. The van der Waals surface area contributed by atoms with E-state index in [1.165, 1.54) is 0 Å². The Labute approximate surface area is 124 Å². The third kappa shape index (κ3) is 6.73. The quantitative estimate of drug-likeness (QED) is 0.674. The maximum absolute atomic E-state index is 11.6. The van der Waals surface area contributed by atoms with Gasteiger partial charge in [-0.2, -0.15) is 0 Å². The van der Waals surface area contributed by atoms with Gasteiger partial charge in [-0.05, 0) is 29.9 Å². The monoisotopic (exact) mass is 299 g/mol. The van der Waals surface area contributed by atoms with Crippen molar-refractivity contribution in [1.82, 2.24) is 15.6 Å². The second-order valence-electron chi connectivity index (χ2n) is 5.49. The van der Waals surface area contributed by atoms with Crippen LogP contribution in [0.15, 0.2) is 18.3 Å². The van der Waals surface area contributed by atoms with Crippen LogP contribution >= 0.6 is 11.6 Å². The van der Waals surface area contributed by atoms with Gasteiger partial charge in [0.1, 0.15) is 5.15 Å². The number of halogens is 1. The number of aliphatic hydroxyl groups is 1. The molecule has 0 unspecified atom stereocenters. The molecule has 1 heterocycles. The first kappa shape index (κ1) is 16.7. The van der Waals surface area contributed by atoms with Crippen molar-refractivity contribution in [1.29, 1.82) is 0 Å². The van der Waals surface area contributed by atoms with Gasteiger partial charge in [-0.3, -0.25) is 0 Å². The summed E-state index contributed by atoms with van der Waals surface area (Å²) in [6.45, 7) is 5.20. The summed E-state index contributed by atoms with van der Waals surface area (Å²) >= 11 is 5.70. The van der Waals surface area contributed by atoms with E-state index in [4.69, 9.17) is 16.7 Å². The van der Waals surface area contributed by atoms with Crippen molar-refractivity contribution in [3.05, 3.63) is 29.0 Å². The normalized spacial score (nSPS) is 11.2. The summed E-state index contributed by atoms with van der Waals surface area (Å²) in [5, 5.41) is 15.0. The van der Waals surface area contributed by atoms with Crippen molar-refractivity contribution in [2.45, 2.75) is 26.7 Å². The molecule has 112 valence electrons. The topological polar surface area (TPSA) is 74.2 Å². The van der Waals surface area contributed by atoms with Crippen LogP contribution in [-0.2, 0) is 6.42 Å². The summed E-state index contributed by atoms with van der Waals surface area (Å²) in [6.07, 6.45) is 3.06. The molecule has 1 rings (SSSR count). The Kier molecular flexibility index (Phi) is 6.75. The second-order valence-corrected chi connectivity index (χ2v) is 5.87. The van der Waals surface area contributed by atoms with E-state index in [0.29, 0.717) is 31.1 Å². The van der Waals surface area contributed by atoms with Crippen molar-refractivity contribution in [3.63, 3.8) is 0 Å². The first-order valence-corrected chi connectivity index (χ1v) is 7.04. The molecule has 0 radical (unpaired) electrons. The lowest BCUT2D eigenvalue weighted by Crippen LogP contribution is -2.41. The molecule has 0 fully saturated rings. The van der Waals surface area contributed by atoms with Crippen LogP contribution in [0.5, 0.6) is 0 Å². The molecule has 0 aliphatic heterocycles. The van der Waals surface area contributed by atoms with Gasteiger partial charge in [0.2, 0.25) is 0 Å². The predicted octanol–water partition coefficient (Wildman–Crippen LogP) is 1.99. The maximum Gasteiger partial charge on any atom is 0.314 e. The lowest BCUT2D eigenvalue weighted by Gasteiger charge is -2.23. The lowest BCUT2D eigenvalue weighted by atomic mass is 9.90. The fourth-order valence-electron chi connectivity index (χ4n) is 1.65. The Morgan fingerprint density at radius 2 is 2.15 bits per heavy atom. The largest absolute Gasteiger partial charge is 0.396 e. The fourth-order valence-corrected chi connectivity index (χ4v) is 1.76. The molecule has 2 amide bonds. The Morgan fingerprint density at radius 1 is 1.40 bits per heavy atom. The molecule has 3 N–H and O–H groups in total. The molecule has 0 saturated heterocycles. The van der Waals surface area contributed by atoms with Gasteiger partial charge >= 0.3 is 6.03 Å². The molecular formula is C14H22ClN3O2. The summed E-state index contributed by atoms with van der Waals surface area (Å²) in [6, 6.07) is 3.42. The molecule has 0 aliphatic rings. The molecule has 20 heavy (non-hydrogen) atoms. The van der Waals surface area contributed by atoms with Gasteiger partial charge in [0.05, 0.1) is 0 Å². The third-order valence-corrected chi connectivity index (χ3v) is 3.23. The standard InChI is InChI=1S/C14H22ClN3O2/c1-14(2,6-8-19)10-18-13(20)16-7-5-11-3-4-12(15)17-9-11/h3-4,9,19H,5-8,10H2,1-2H3,(H2,16,18,20). The second kappa shape index (κ2) is 8.07. The SMILES string of the molecule is CC(C)(CCO)CNC(=O)NCCc1ccc(Cl)nc1. The lowest BCUT2D eigenvalue weighted by molar-refractivity contribution is 0.201. The smallest absolute Gasteiger partial charge is 0.314 e. The number of carbonyl (C=O) groups is 1. The van der Waals surface area contributed by atoms with E-state index in [1.54, 1.807) is 12.3 Å². The van der Waals surface area contributed by atoms with Gasteiger partial charge in [0.15, 0.2) is 0 Å². The summed E-state index contributed by atoms with van der Waals surface area (Å²) in [7, 11) is 0. The zero-order valence-electron chi connectivity index (χ0n) is 11.9. The molecular weight excluding hydrogens is 278 g/mol. The molecule has 0 saturated carbocycles. The summed E-state index contributed by atoms with van der Waals surface area (Å²) in [5.74, 6) is 0. The van der Waals surface area contributed by atoms with Crippen LogP contribution in [0.3, 0.4) is 0 Å². The highest BCUT2D eigenvalue weighted by atomic mass is 35.5. The maximum atomic E-state index is 11.6. The Balaban J connectivity index is 2.22. The highest BCUT2D eigenvalue weighted by Crippen LogP contribution is 2.17. The first-order valence-electron chi connectivity index (χ1n) is 6.66. The zero-order valence-corrected chi connectivity index (χ0v) is 12.7. The number of amides is 2. The highest BCUT2D eigenvalue weighted by Gasteiger charge is 2.17. The van der Waals surface area contributed by atoms with Crippen LogP contribution in [0, 0.1) is 5.41 Å². The van der Waals surface area contributed by atoms with Gasteiger partial charge in [0, 0.05) is 25.9 Å². The predicted molar refractivity (Wildman–Crippen MR) is 79.8 cm³/mol. The Morgan fingerprint density at radius 3 is 2.75 bits per heavy atom. The van der Waals surface area contributed by atoms with Gasteiger partial charge in [0.25, 0.3) is 0 Å².